The summed E-state index contributed by atoms with van der Waals surface area (Å²) in [5, 5.41) is 9.27. The molecular formula is C31H51N3O5. The van der Waals surface area contributed by atoms with E-state index in [1.807, 2.05) is 18.7 Å². The molecule has 1 spiro atoms. The second-order valence-electron chi connectivity index (χ2n) is 11.5. The van der Waals surface area contributed by atoms with Gasteiger partial charge in [-0.15, -0.1) is 13.2 Å². The average Bonchev–Trinajstić information content (AvgIpc) is 3.53. The summed E-state index contributed by atoms with van der Waals surface area (Å²) >= 11 is 0. The second-order valence-corrected chi connectivity index (χ2v) is 11.5. The van der Waals surface area contributed by atoms with Crippen molar-refractivity contribution in [3.05, 3.63) is 25.3 Å². The Morgan fingerprint density at radius 1 is 0.974 bits per heavy atom. The van der Waals surface area contributed by atoms with Crippen LogP contribution in [-0.4, -0.2) is 94.1 Å². The molecule has 3 aliphatic rings. The maximum atomic E-state index is 14.4. The molecule has 8 nitrogen and oxygen atoms in total. The van der Waals surface area contributed by atoms with Crippen LogP contribution < -0.4 is 0 Å². The summed E-state index contributed by atoms with van der Waals surface area (Å²) in [5.74, 6) is -1.57. The Kier molecular flexibility index (Phi) is 11.2. The first kappa shape index (κ1) is 31.3. The Hall–Kier alpha value is -2.19. The molecule has 3 heterocycles. The van der Waals surface area contributed by atoms with Gasteiger partial charge in [-0.1, -0.05) is 45.8 Å². The summed E-state index contributed by atoms with van der Waals surface area (Å²) < 4.78 is 6.93. The standard InChI is InChI=1S/C31H51N3O5/c1-6-11-13-21-33(20-9-4)29(38)26-31-17-16-30(10-5,39-31)24(27(36)32(18-7-2)19-8-3)25(31)28(37)34(26)22-14-12-15-23-35/h7,9,24-26,35H,2,4,6,8,10-23H2,1,3,5H3/t24-,25+,26?,30+,31?/m1/s1. The molecule has 3 aliphatic heterocycles. The summed E-state index contributed by atoms with van der Waals surface area (Å²) in [5.41, 5.74) is -1.74. The smallest absolute Gasteiger partial charge is 0.248 e. The molecule has 3 saturated heterocycles. The largest absolute Gasteiger partial charge is 0.396 e. The number of rotatable bonds is 18. The molecule has 0 aromatic rings. The maximum absolute atomic E-state index is 14.4. The van der Waals surface area contributed by atoms with Crippen LogP contribution in [0.25, 0.3) is 0 Å². The van der Waals surface area contributed by atoms with Crippen molar-refractivity contribution < 1.29 is 24.2 Å². The molecule has 3 fully saturated rings. The number of carbonyl (C=O) groups excluding carboxylic acids is 3. The van der Waals surface area contributed by atoms with Gasteiger partial charge in [0.2, 0.25) is 17.7 Å². The van der Waals surface area contributed by atoms with Gasteiger partial charge in [0, 0.05) is 39.3 Å². The molecule has 0 aromatic heterocycles. The third kappa shape index (κ3) is 5.83. The van der Waals surface area contributed by atoms with Crippen LogP contribution in [-0.2, 0) is 19.1 Å². The Labute approximate surface area is 235 Å². The third-order valence-corrected chi connectivity index (χ3v) is 9.09. The molecule has 5 atom stereocenters. The minimum Gasteiger partial charge on any atom is -0.396 e. The molecule has 0 saturated carbocycles. The highest BCUT2D eigenvalue weighted by atomic mass is 16.5. The van der Waals surface area contributed by atoms with Crippen molar-refractivity contribution >= 4 is 17.7 Å². The number of amides is 3. The van der Waals surface area contributed by atoms with E-state index in [0.29, 0.717) is 64.8 Å². The minimum absolute atomic E-state index is 0.0576. The van der Waals surface area contributed by atoms with Gasteiger partial charge in [0.05, 0.1) is 17.4 Å². The summed E-state index contributed by atoms with van der Waals surface area (Å²) in [6.07, 6.45) is 11.2. The summed E-state index contributed by atoms with van der Waals surface area (Å²) in [7, 11) is 0. The number of fused-ring (bicyclic) bond motifs is 1. The molecular weight excluding hydrogens is 494 g/mol. The van der Waals surface area contributed by atoms with Crippen molar-refractivity contribution in [2.75, 3.05) is 39.3 Å². The molecule has 3 rings (SSSR count). The lowest BCUT2D eigenvalue weighted by Gasteiger charge is -2.37. The zero-order chi connectivity index (χ0) is 28.6. The number of hydrogen-bond acceptors (Lipinski definition) is 5. The molecule has 2 bridgehead atoms. The van der Waals surface area contributed by atoms with Crippen molar-refractivity contribution in [3.63, 3.8) is 0 Å². The van der Waals surface area contributed by atoms with E-state index < -0.39 is 29.1 Å². The minimum atomic E-state index is -1.00. The highest BCUT2D eigenvalue weighted by molar-refractivity contribution is 5.99. The summed E-state index contributed by atoms with van der Waals surface area (Å²) in [6.45, 7) is 16.5. The van der Waals surface area contributed by atoms with Gasteiger partial charge in [0.15, 0.2) is 0 Å². The van der Waals surface area contributed by atoms with E-state index in [0.717, 1.165) is 32.1 Å². The van der Waals surface area contributed by atoms with E-state index in [1.54, 1.807) is 22.0 Å². The lowest BCUT2D eigenvalue weighted by atomic mass is 9.64. The summed E-state index contributed by atoms with van der Waals surface area (Å²) in [6, 6.07) is -0.754. The van der Waals surface area contributed by atoms with Gasteiger partial charge in [-0.05, 0) is 51.4 Å². The van der Waals surface area contributed by atoms with E-state index >= 15 is 0 Å². The van der Waals surface area contributed by atoms with Crippen molar-refractivity contribution in [1.29, 1.82) is 0 Å². The molecule has 2 unspecified atom stereocenters. The SMILES string of the molecule is C=CCN(CCCCC)C(=O)C1N(CCCCCO)C(=O)[C@@H]2[C@H](C(=O)N(CC=C)CCC)[C@]3(CC)CCC12O3. The first-order valence-electron chi connectivity index (χ1n) is 15.2. The Balaban J connectivity index is 2.04. The van der Waals surface area contributed by atoms with Crippen LogP contribution >= 0.6 is 0 Å². The number of unbranched alkanes of at least 4 members (excludes halogenated alkanes) is 4. The number of likely N-dealkylation sites (tertiary alicyclic amines) is 1. The third-order valence-electron chi connectivity index (χ3n) is 9.09. The van der Waals surface area contributed by atoms with Crippen LogP contribution in [0.4, 0.5) is 0 Å². The quantitative estimate of drug-likeness (QED) is 0.208. The molecule has 8 heteroatoms. The van der Waals surface area contributed by atoms with E-state index in [2.05, 4.69) is 20.1 Å². The van der Waals surface area contributed by atoms with Gasteiger partial charge in [0.25, 0.3) is 0 Å². The van der Waals surface area contributed by atoms with E-state index in [1.165, 1.54) is 0 Å². The summed E-state index contributed by atoms with van der Waals surface area (Å²) in [4.78, 5) is 48.2. The van der Waals surface area contributed by atoms with Crippen LogP contribution in [0.15, 0.2) is 25.3 Å². The van der Waals surface area contributed by atoms with Gasteiger partial charge < -0.3 is 24.5 Å². The number of ether oxygens (including phenoxy) is 1. The normalized spacial score (nSPS) is 29.0. The van der Waals surface area contributed by atoms with Gasteiger partial charge in [0.1, 0.15) is 11.6 Å². The van der Waals surface area contributed by atoms with Crippen LogP contribution in [0.1, 0.15) is 85.0 Å². The van der Waals surface area contributed by atoms with Crippen LogP contribution in [0.2, 0.25) is 0 Å². The molecule has 3 amide bonds. The topological polar surface area (TPSA) is 90.4 Å². The number of carbonyl (C=O) groups is 3. The van der Waals surface area contributed by atoms with Crippen molar-refractivity contribution in [2.24, 2.45) is 11.8 Å². The molecule has 0 aromatic carbocycles. The molecule has 1 N–H and O–H groups in total. The van der Waals surface area contributed by atoms with E-state index in [4.69, 9.17) is 4.74 Å². The number of nitrogens with zero attached hydrogens (tertiary/aromatic N) is 3. The van der Waals surface area contributed by atoms with Crippen LogP contribution in [0.3, 0.4) is 0 Å². The van der Waals surface area contributed by atoms with Crippen LogP contribution in [0.5, 0.6) is 0 Å². The molecule has 0 aliphatic carbocycles. The zero-order valence-electron chi connectivity index (χ0n) is 24.5. The lowest BCUT2D eigenvalue weighted by Crippen LogP contribution is -2.56. The fourth-order valence-corrected chi connectivity index (χ4v) is 7.27. The Bertz CT molecular complexity index is 893. The first-order valence-corrected chi connectivity index (χ1v) is 15.2. The second kappa shape index (κ2) is 13.9. The highest BCUT2D eigenvalue weighted by Gasteiger charge is 2.78. The fraction of sp³-hybridized carbons (Fsp3) is 0.774. The van der Waals surface area contributed by atoms with Gasteiger partial charge in [-0.2, -0.15) is 0 Å². The van der Waals surface area contributed by atoms with Gasteiger partial charge >= 0.3 is 0 Å². The van der Waals surface area contributed by atoms with E-state index in [9.17, 15) is 19.5 Å². The predicted octanol–water partition coefficient (Wildman–Crippen LogP) is 3.93. The highest BCUT2D eigenvalue weighted by Crippen LogP contribution is 2.64. The number of aliphatic hydroxyl groups is 1. The fourth-order valence-electron chi connectivity index (χ4n) is 7.27. The van der Waals surface area contributed by atoms with Crippen molar-refractivity contribution in [2.45, 2.75) is 102 Å². The molecule has 0 radical (unpaired) electrons. The van der Waals surface area contributed by atoms with E-state index in [-0.39, 0.29) is 24.3 Å². The maximum Gasteiger partial charge on any atom is 0.248 e. The Morgan fingerprint density at radius 2 is 1.67 bits per heavy atom. The number of aliphatic hydroxyl groups excluding tert-OH is 1. The van der Waals surface area contributed by atoms with Crippen molar-refractivity contribution in [3.8, 4) is 0 Å². The van der Waals surface area contributed by atoms with Gasteiger partial charge in [-0.25, -0.2) is 0 Å². The molecule has 39 heavy (non-hydrogen) atoms. The monoisotopic (exact) mass is 545 g/mol. The van der Waals surface area contributed by atoms with Gasteiger partial charge in [-0.3, -0.25) is 14.4 Å². The van der Waals surface area contributed by atoms with Crippen molar-refractivity contribution in [1.82, 2.24) is 14.7 Å². The average molecular weight is 546 g/mol. The predicted molar refractivity (Wildman–Crippen MR) is 153 cm³/mol. The van der Waals surface area contributed by atoms with Crippen LogP contribution in [0, 0.1) is 11.8 Å². The first-order chi connectivity index (χ1) is 18.8. The lowest BCUT2D eigenvalue weighted by molar-refractivity contribution is -0.155. The molecule has 220 valence electrons. The Morgan fingerprint density at radius 3 is 2.26 bits per heavy atom. The zero-order valence-corrected chi connectivity index (χ0v) is 24.5. The number of hydrogen-bond donors (Lipinski definition) is 1.